The van der Waals surface area contributed by atoms with E-state index in [0.29, 0.717) is 13.2 Å². The van der Waals surface area contributed by atoms with Crippen molar-refractivity contribution in [2.45, 2.75) is 19.8 Å². The fourth-order valence-corrected chi connectivity index (χ4v) is 2.76. The minimum Gasteiger partial charge on any atom is -0.466 e. The number of hydrogen-bond donors (Lipinski definition) is 1. The quantitative estimate of drug-likeness (QED) is 0.726. The summed E-state index contributed by atoms with van der Waals surface area (Å²) in [6, 6.07) is 10.4. The summed E-state index contributed by atoms with van der Waals surface area (Å²) in [6.07, 6.45) is 0.343. The highest BCUT2D eigenvalue weighted by Crippen LogP contribution is 2.15. The molecule has 6 heteroatoms. The van der Waals surface area contributed by atoms with Crippen LogP contribution in [0.25, 0.3) is 0 Å². The normalized spacial score (nSPS) is 15.1. The van der Waals surface area contributed by atoms with E-state index in [1.54, 1.807) is 6.92 Å². The van der Waals surface area contributed by atoms with Gasteiger partial charge in [-0.3, -0.25) is 14.5 Å². The summed E-state index contributed by atoms with van der Waals surface area (Å²) < 4.78 is 4.81. The lowest BCUT2D eigenvalue weighted by atomic mass is 10.2. The molecule has 1 aliphatic heterocycles. The Balaban J connectivity index is 1.58. The molecule has 1 aromatic rings. The molecule has 1 fully saturated rings. The Labute approximate surface area is 143 Å². The van der Waals surface area contributed by atoms with Gasteiger partial charge in [0.15, 0.2) is 0 Å². The molecule has 132 valence electrons. The maximum Gasteiger partial charge on any atom is 0.306 e. The largest absolute Gasteiger partial charge is 0.466 e. The monoisotopic (exact) mass is 333 g/mol. The van der Waals surface area contributed by atoms with Crippen LogP contribution in [0, 0.1) is 0 Å². The highest BCUT2D eigenvalue weighted by Gasteiger charge is 2.16. The molecule has 1 N–H and O–H groups in total. The standard InChI is InChI=1S/C18H27N3O3/c1-2-24-18(23)9-8-17(22)19-10-11-20-12-14-21(15-13-20)16-6-4-3-5-7-16/h3-7H,2,8-15H2,1H3,(H,19,22). The van der Waals surface area contributed by atoms with Crippen molar-refractivity contribution >= 4 is 17.6 Å². The van der Waals surface area contributed by atoms with E-state index in [9.17, 15) is 9.59 Å². The maximum atomic E-state index is 11.7. The van der Waals surface area contributed by atoms with Gasteiger partial charge in [-0.25, -0.2) is 0 Å². The first kappa shape index (κ1) is 18.3. The molecule has 1 aromatic carbocycles. The van der Waals surface area contributed by atoms with E-state index in [1.165, 1.54) is 5.69 Å². The number of amides is 1. The van der Waals surface area contributed by atoms with Crippen molar-refractivity contribution in [3.8, 4) is 0 Å². The van der Waals surface area contributed by atoms with Gasteiger partial charge in [0.05, 0.1) is 13.0 Å². The lowest BCUT2D eigenvalue weighted by Gasteiger charge is -2.36. The molecule has 0 aromatic heterocycles. The van der Waals surface area contributed by atoms with Gasteiger partial charge in [0.1, 0.15) is 0 Å². The summed E-state index contributed by atoms with van der Waals surface area (Å²) in [7, 11) is 0. The van der Waals surface area contributed by atoms with Crippen LogP contribution >= 0.6 is 0 Å². The molecule has 1 amide bonds. The van der Waals surface area contributed by atoms with Crippen LogP contribution in [-0.2, 0) is 14.3 Å². The molecule has 0 atom stereocenters. The van der Waals surface area contributed by atoms with Crippen LogP contribution in [-0.4, -0.2) is 62.7 Å². The Morgan fingerprint density at radius 2 is 1.79 bits per heavy atom. The number of carbonyl (C=O) groups excluding carboxylic acids is 2. The molecule has 6 nitrogen and oxygen atoms in total. The molecule has 0 aliphatic carbocycles. The SMILES string of the molecule is CCOC(=O)CCC(=O)NCCN1CCN(c2ccccc2)CC1. The number of rotatable bonds is 8. The summed E-state index contributed by atoms with van der Waals surface area (Å²) in [6.45, 7) is 7.56. The topological polar surface area (TPSA) is 61.9 Å². The van der Waals surface area contributed by atoms with E-state index in [2.05, 4.69) is 39.4 Å². The van der Waals surface area contributed by atoms with E-state index >= 15 is 0 Å². The Kier molecular flexibility index (Phi) is 7.55. The van der Waals surface area contributed by atoms with Crippen molar-refractivity contribution in [2.75, 3.05) is 50.8 Å². The van der Waals surface area contributed by atoms with Crippen molar-refractivity contribution in [1.29, 1.82) is 0 Å². The Morgan fingerprint density at radius 1 is 1.08 bits per heavy atom. The maximum absolute atomic E-state index is 11.7. The van der Waals surface area contributed by atoms with Gasteiger partial charge in [0.2, 0.25) is 5.91 Å². The predicted octanol–water partition coefficient (Wildman–Crippen LogP) is 1.27. The second kappa shape index (κ2) is 9.93. The molecule has 1 saturated heterocycles. The summed E-state index contributed by atoms with van der Waals surface area (Å²) >= 11 is 0. The number of benzene rings is 1. The lowest BCUT2D eigenvalue weighted by molar-refractivity contribution is -0.144. The van der Waals surface area contributed by atoms with Gasteiger partial charge in [-0.15, -0.1) is 0 Å². The van der Waals surface area contributed by atoms with Gasteiger partial charge >= 0.3 is 5.97 Å². The molecule has 0 bridgehead atoms. The van der Waals surface area contributed by atoms with Crippen molar-refractivity contribution < 1.29 is 14.3 Å². The number of anilines is 1. The third-order valence-corrected chi connectivity index (χ3v) is 4.11. The third-order valence-electron chi connectivity index (χ3n) is 4.11. The van der Waals surface area contributed by atoms with E-state index in [0.717, 1.165) is 32.7 Å². The number of ether oxygens (including phenoxy) is 1. The van der Waals surface area contributed by atoms with E-state index in [1.807, 2.05) is 6.07 Å². The number of nitrogens with one attached hydrogen (secondary N) is 1. The van der Waals surface area contributed by atoms with Crippen LogP contribution in [0.2, 0.25) is 0 Å². The number of nitrogens with zero attached hydrogens (tertiary/aromatic N) is 2. The lowest BCUT2D eigenvalue weighted by Crippen LogP contribution is -2.48. The number of para-hydroxylation sites is 1. The zero-order valence-corrected chi connectivity index (χ0v) is 14.4. The summed E-state index contributed by atoms with van der Waals surface area (Å²) in [5.74, 6) is -0.407. The predicted molar refractivity (Wildman–Crippen MR) is 94.0 cm³/mol. The van der Waals surface area contributed by atoms with Gasteiger partial charge in [-0.05, 0) is 19.1 Å². The molecular formula is C18H27N3O3. The average molecular weight is 333 g/mol. The molecule has 24 heavy (non-hydrogen) atoms. The Bertz CT molecular complexity index is 514. The molecule has 1 heterocycles. The molecule has 0 unspecified atom stereocenters. The van der Waals surface area contributed by atoms with E-state index < -0.39 is 0 Å². The molecule has 1 aliphatic rings. The highest BCUT2D eigenvalue weighted by molar-refractivity contribution is 5.81. The van der Waals surface area contributed by atoms with Crippen LogP contribution in [0.1, 0.15) is 19.8 Å². The number of hydrogen-bond acceptors (Lipinski definition) is 5. The van der Waals surface area contributed by atoms with Crippen molar-refractivity contribution in [3.05, 3.63) is 30.3 Å². The third kappa shape index (κ3) is 6.20. The van der Waals surface area contributed by atoms with Crippen molar-refractivity contribution in [1.82, 2.24) is 10.2 Å². The van der Waals surface area contributed by atoms with Crippen LogP contribution in [0.5, 0.6) is 0 Å². The zero-order valence-electron chi connectivity index (χ0n) is 14.4. The smallest absolute Gasteiger partial charge is 0.306 e. The van der Waals surface area contributed by atoms with Crippen LogP contribution < -0.4 is 10.2 Å². The van der Waals surface area contributed by atoms with Crippen molar-refractivity contribution in [2.24, 2.45) is 0 Å². The summed E-state index contributed by atoms with van der Waals surface area (Å²) in [5, 5.41) is 2.87. The Hall–Kier alpha value is -2.08. The van der Waals surface area contributed by atoms with Gasteiger partial charge in [0, 0.05) is 51.4 Å². The molecule has 0 radical (unpaired) electrons. The van der Waals surface area contributed by atoms with Crippen molar-refractivity contribution in [3.63, 3.8) is 0 Å². The fourth-order valence-electron chi connectivity index (χ4n) is 2.76. The molecule has 0 saturated carbocycles. The summed E-state index contributed by atoms with van der Waals surface area (Å²) in [5.41, 5.74) is 1.27. The first-order valence-corrected chi connectivity index (χ1v) is 8.63. The summed E-state index contributed by atoms with van der Waals surface area (Å²) in [4.78, 5) is 27.6. The van der Waals surface area contributed by atoms with Crippen LogP contribution in [0.15, 0.2) is 30.3 Å². The Morgan fingerprint density at radius 3 is 2.46 bits per heavy atom. The average Bonchev–Trinajstić information content (AvgIpc) is 2.62. The van der Waals surface area contributed by atoms with Gasteiger partial charge in [-0.1, -0.05) is 18.2 Å². The van der Waals surface area contributed by atoms with E-state index in [4.69, 9.17) is 4.74 Å². The minimum atomic E-state index is -0.315. The fraction of sp³-hybridized carbons (Fsp3) is 0.556. The van der Waals surface area contributed by atoms with E-state index in [-0.39, 0.29) is 24.7 Å². The second-order valence-corrected chi connectivity index (χ2v) is 5.82. The molecule has 0 spiro atoms. The number of esters is 1. The molecule has 2 rings (SSSR count). The van der Waals surface area contributed by atoms with Crippen LogP contribution in [0.4, 0.5) is 5.69 Å². The first-order valence-electron chi connectivity index (χ1n) is 8.63. The number of carbonyl (C=O) groups is 2. The highest BCUT2D eigenvalue weighted by atomic mass is 16.5. The molecular weight excluding hydrogens is 306 g/mol. The van der Waals surface area contributed by atoms with Gasteiger partial charge < -0.3 is 15.0 Å². The zero-order chi connectivity index (χ0) is 17.2. The number of piperazine rings is 1. The minimum absolute atomic E-state index is 0.0917. The van der Waals surface area contributed by atoms with Crippen LogP contribution in [0.3, 0.4) is 0 Å². The first-order chi connectivity index (χ1) is 11.7. The van der Waals surface area contributed by atoms with Gasteiger partial charge in [0.25, 0.3) is 0 Å². The van der Waals surface area contributed by atoms with Gasteiger partial charge in [-0.2, -0.15) is 0 Å². The second-order valence-electron chi connectivity index (χ2n) is 5.82.